The number of carbonyl (C=O) groups excluding carboxylic acids is 1. The molecule has 1 aromatic heterocycles. The summed E-state index contributed by atoms with van der Waals surface area (Å²) in [5.41, 5.74) is 0.996. The molecule has 1 saturated heterocycles. The first-order chi connectivity index (χ1) is 12.2. The molecule has 25 heavy (non-hydrogen) atoms. The maximum absolute atomic E-state index is 12.6. The Labute approximate surface area is 155 Å². The fourth-order valence-electron chi connectivity index (χ4n) is 3.76. The monoisotopic (exact) mass is 403 g/mol. The fourth-order valence-corrected chi connectivity index (χ4v) is 4.26. The number of aromatic nitrogens is 3. The van der Waals surface area contributed by atoms with Crippen LogP contribution in [0.25, 0.3) is 0 Å². The zero-order valence-electron chi connectivity index (χ0n) is 14.1. The predicted molar refractivity (Wildman–Crippen MR) is 97.9 cm³/mol. The number of hydrogen-bond donors (Lipinski definition) is 1. The van der Waals surface area contributed by atoms with Crippen molar-refractivity contribution in [3.63, 3.8) is 0 Å². The summed E-state index contributed by atoms with van der Waals surface area (Å²) in [6.45, 7) is 3.10. The Bertz CT molecular complexity index is 775. The van der Waals surface area contributed by atoms with Crippen LogP contribution in [0, 0.1) is 0 Å². The van der Waals surface area contributed by atoms with Gasteiger partial charge < -0.3 is 9.88 Å². The molecule has 0 bridgehead atoms. The summed E-state index contributed by atoms with van der Waals surface area (Å²) in [5, 5.41) is 11.8. The molecule has 0 saturated carbocycles. The van der Waals surface area contributed by atoms with E-state index in [4.69, 9.17) is 0 Å². The largest absolute Gasteiger partial charge is 0.353 e. The van der Waals surface area contributed by atoms with Gasteiger partial charge in [-0.3, -0.25) is 9.69 Å². The van der Waals surface area contributed by atoms with Crippen LogP contribution in [-0.2, 0) is 24.3 Å². The standard InChI is InChI=1S/C18H22BrN5O/c19-14-7-4-3-6-13(14)17-18(25)20-9-11-23(17)12-16-22-21-15-8-2-1-5-10-24(15)16/h3-4,6-7,17H,1-2,5,8-12H2,(H,20,25). The summed E-state index contributed by atoms with van der Waals surface area (Å²) in [6.07, 6.45) is 4.60. The van der Waals surface area contributed by atoms with E-state index >= 15 is 0 Å². The molecule has 4 rings (SSSR count). The third-order valence-electron chi connectivity index (χ3n) is 5.04. The molecule has 1 aromatic carbocycles. The Morgan fingerprint density at radius 1 is 1.16 bits per heavy atom. The molecule has 0 spiro atoms. The van der Waals surface area contributed by atoms with Gasteiger partial charge in [0.1, 0.15) is 17.7 Å². The van der Waals surface area contributed by atoms with Crippen molar-refractivity contribution in [1.82, 2.24) is 25.0 Å². The lowest BCUT2D eigenvalue weighted by atomic mass is 10.0. The van der Waals surface area contributed by atoms with Crippen molar-refractivity contribution in [3.05, 3.63) is 46.0 Å². The lowest BCUT2D eigenvalue weighted by Gasteiger charge is -2.35. The summed E-state index contributed by atoms with van der Waals surface area (Å²) < 4.78 is 3.22. The van der Waals surface area contributed by atoms with Crippen molar-refractivity contribution in [3.8, 4) is 0 Å². The number of fused-ring (bicyclic) bond motifs is 1. The number of amides is 1. The zero-order chi connectivity index (χ0) is 17.2. The molecule has 132 valence electrons. The summed E-state index contributed by atoms with van der Waals surface area (Å²) in [6, 6.07) is 7.64. The van der Waals surface area contributed by atoms with Crippen LogP contribution in [-0.4, -0.2) is 38.7 Å². The second-order valence-electron chi connectivity index (χ2n) is 6.68. The number of aryl methyl sites for hydroxylation is 1. The minimum atomic E-state index is -0.303. The number of piperazine rings is 1. The minimum absolute atomic E-state index is 0.0498. The van der Waals surface area contributed by atoms with Crippen molar-refractivity contribution in [2.45, 2.75) is 44.8 Å². The highest BCUT2D eigenvalue weighted by Gasteiger charge is 2.33. The number of rotatable bonds is 3. The topological polar surface area (TPSA) is 63.1 Å². The fraction of sp³-hybridized carbons (Fsp3) is 0.500. The Kier molecular flexibility index (Phi) is 4.85. The average molecular weight is 404 g/mol. The maximum Gasteiger partial charge on any atom is 0.242 e. The van der Waals surface area contributed by atoms with Gasteiger partial charge in [-0.05, 0) is 24.5 Å². The third-order valence-corrected chi connectivity index (χ3v) is 5.76. The van der Waals surface area contributed by atoms with E-state index < -0.39 is 0 Å². The van der Waals surface area contributed by atoms with E-state index in [1.54, 1.807) is 0 Å². The number of nitrogens with one attached hydrogen (secondary N) is 1. The number of halogens is 1. The molecule has 1 fully saturated rings. The van der Waals surface area contributed by atoms with Crippen LogP contribution < -0.4 is 5.32 Å². The molecular formula is C18H22BrN5O. The molecule has 3 heterocycles. The Balaban J connectivity index is 1.63. The van der Waals surface area contributed by atoms with Gasteiger partial charge in [0.2, 0.25) is 5.91 Å². The van der Waals surface area contributed by atoms with Gasteiger partial charge in [0.15, 0.2) is 0 Å². The van der Waals surface area contributed by atoms with Gasteiger partial charge in [-0.1, -0.05) is 40.5 Å². The molecule has 2 aliphatic rings. The van der Waals surface area contributed by atoms with Crippen LogP contribution in [0.2, 0.25) is 0 Å². The van der Waals surface area contributed by atoms with Gasteiger partial charge in [-0.15, -0.1) is 10.2 Å². The average Bonchev–Trinajstić information content (AvgIpc) is 2.83. The van der Waals surface area contributed by atoms with E-state index in [0.29, 0.717) is 13.1 Å². The van der Waals surface area contributed by atoms with Gasteiger partial charge in [0.05, 0.1) is 6.54 Å². The Morgan fingerprint density at radius 2 is 2.04 bits per heavy atom. The zero-order valence-corrected chi connectivity index (χ0v) is 15.7. The van der Waals surface area contributed by atoms with Crippen LogP contribution in [0.5, 0.6) is 0 Å². The Hall–Kier alpha value is -1.73. The van der Waals surface area contributed by atoms with Gasteiger partial charge in [-0.2, -0.15) is 0 Å². The van der Waals surface area contributed by atoms with E-state index in [2.05, 4.69) is 40.9 Å². The third kappa shape index (κ3) is 3.35. The van der Waals surface area contributed by atoms with E-state index in [9.17, 15) is 4.79 Å². The minimum Gasteiger partial charge on any atom is -0.353 e. The lowest BCUT2D eigenvalue weighted by Crippen LogP contribution is -2.49. The molecule has 2 aromatic rings. The second-order valence-corrected chi connectivity index (χ2v) is 7.53. The quantitative estimate of drug-likeness (QED) is 0.854. The summed E-state index contributed by atoms with van der Waals surface area (Å²) in [7, 11) is 0. The van der Waals surface area contributed by atoms with Crippen molar-refractivity contribution < 1.29 is 4.79 Å². The van der Waals surface area contributed by atoms with E-state index in [1.165, 1.54) is 19.3 Å². The maximum atomic E-state index is 12.6. The van der Waals surface area contributed by atoms with Crippen molar-refractivity contribution in [2.75, 3.05) is 13.1 Å². The molecule has 1 amide bonds. The molecule has 6 nitrogen and oxygen atoms in total. The molecule has 1 unspecified atom stereocenters. The van der Waals surface area contributed by atoms with Gasteiger partial charge >= 0.3 is 0 Å². The SMILES string of the molecule is O=C1NCCN(Cc2nnc3n2CCCCC3)C1c1ccccc1Br. The molecule has 2 aliphatic heterocycles. The van der Waals surface area contributed by atoms with Crippen LogP contribution in [0.15, 0.2) is 28.7 Å². The normalized spacial score (nSPS) is 21.5. The van der Waals surface area contributed by atoms with Crippen molar-refractivity contribution >= 4 is 21.8 Å². The summed E-state index contributed by atoms with van der Waals surface area (Å²) in [5.74, 6) is 2.11. The highest BCUT2D eigenvalue weighted by atomic mass is 79.9. The van der Waals surface area contributed by atoms with Crippen molar-refractivity contribution in [1.29, 1.82) is 0 Å². The first-order valence-corrected chi connectivity index (χ1v) is 9.70. The summed E-state index contributed by atoms with van der Waals surface area (Å²) in [4.78, 5) is 14.8. The smallest absolute Gasteiger partial charge is 0.242 e. The number of nitrogens with zero attached hydrogens (tertiary/aromatic N) is 4. The van der Waals surface area contributed by atoms with Crippen LogP contribution in [0.4, 0.5) is 0 Å². The Morgan fingerprint density at radius 3 is 2.92 bits per heavy atom. The molecule has 0 radical (unpaired) electrons. The molecule has 7 heteroatoms. The predicted octanol–water partition coefficient (Wildman–Crippen LogP) is 2.44. The highest BCUT2D eigenvalue weighted by Crippen LogP contribution is 2.30. The van der Waals surface area contributed by atoms with E-state index in [-0.39, 0.29) is 11.9 Å². The van der Waals surface area contributed by atoms with Gasteiger partial charge in [-0.25, -0.2) is 0 Å². The van der Waals surface area contributed by atoms with Crippen LogP contribution in [0.3, 0.4) is 0 Å². The van der Waals surface area contributed by atoms with Gasteiger partial charge in [0, 0.05) is 30.5 Å². The van der Waals surface area contributed by atoms with Crippen LogP contribution >= 0.6 is 15.9 Å². The number of carbonyl (C=O) groups is 1. The number of benzene rings is 1. The second kappa shape index (κ2) is 7.25. The van der Waals surface area contributed by atoms with E-state index in [1.807, 2.05) is 24.3 Å². The molecular weight excluding hydrogens is 382 g/mol. The van der Waals surface area contributed by atoms with Crippen molar-refractivity contribution in [2.24, 2.45) is 0 Å². The number of hydrogen-bond acceptors (Lipinski definition) is 4. The molecule has 0 aliphatic carbocycles. The lowest BCUT2D eigenvalue weighted by molar-refractivity contribution is -0.129. The highest BCUT2D eigenvalue weighted by molar-refractivity contribution is 9.10. The summed E-state index contributed by atoms with van der Waals surface area (Å²) >= 11 is 3.60. The van der Waals surface area contributed by atoms with E-state index in [0.717, 1.165) is 41.2 Å². The first kappa shape index (κ1) is 16.7. The van der Waals surface area contributed by atoms with Crippen LogP contribution in [0.1, 0.15) is 42.5 Å². The molecule has 1 atom stereocenters. The van der Waals surface area contributed by atoms with Gasteiger partial charge in [0.25, 0.3) is 0 Å². The molecule has 1 N–H and O–H groups in total. The first-order valence-electron chi connectivity index (χ1n) is 8.91.